The second-order valence-corrected chi connectivity index (χ2v) is 7.83. The Bertz CT molecular complexity index is 1240. The van der Waals surface area contributed by atoms with Gasteiger partial charge in [-0.2, -0.15) is 0 Å². The van der Waals surface area contributed by atoms with Crippen molar-refractivity contribution in [1.82, 2.24) is 4.98 Å². The van der Waals surface area contributed by atoms with E-state index in [-0.39, 0.29) is 35.2 Å². The Morgan fingerprint density at radius 2 is 1.97 bits per heavy atom. The minimum atomic E-state index is -0.729. The maximum Gasteiger partial charge on any atom is 0.344 e. The number of carbonyl (C=O) groups excluding carboxylic acids is 3. The van der Waals surface area contributed by atoms with Gasteiger partial charge in [0.05, 0.1) is 23.3 Å². The lowest BCUT2D eigenvalue weighted by Gasteiger charge is -2.13. The molecule has 1 aliphatic rings. The number of furan rings is 1. The molecule has 0 saturated heterocycles. The molecule has 4 rings (SSSR count). The van der Waals surface area contributed by atoms with Crippen LogP contribution in [0.2, 0.25) is 5.02 Å². The van der Waals surface area contributed by atoms with Crippen molar-refractivity contribution in [2.75, 3.05) is 11.9 Å². The van der Waals surface area contributed by atoms with Crippen LogP contribution in [-0.4, -0.2) is 29.3 Å². The second kappa shape index (κ2) is 8.15. The number of carbonyl (C=O) groups is 3. The largest absolute Gasteiger partial charge is 0.462 e. The van der Waals surface area contributed by atoms with Gasteiger partial charge in [0.2, 0.25) is 5.88 Å². The molecule has 0 aliphatic heterocycles. The first-order valence-corrected chi connectivity index (χ1v) is 10.4. The third-order valence-corrected chi connectivity index (χ3v) is 5.58. The summed E-state index contributed by atoms with van der Waals surface area (Å²) in [4.78, 5) is 42.8. The number of ketones is 1. The SMILES string of the molecule is CCOC(=O)c1c(NC(=O)c2c3c(nc4ccc(Cl)cc24)CCC3)oc(C)c1C(C)=O. The van der Waals surface area contributed by atoms with E-state index >= 15 is 0 Å². The highest BCUT2D eigenvalue weighted by Crippen LogP contribution is 2.34. The van der Waals surface area contributed by atoms with Crippen LogP contribution < -0.4 is 5.32 Å². The molecule has 0 saturated carbocycles. The normalized spacial score (nSPS) is 12.6. The number of amides is 1. The lowest BCUT2D eigenvalue weighted by Crippen LogP contribution is -2.18. The number of esters is 1. The van der Waals surface area contributed by atoms with Crippen LogP contribution in [0.5, 0.6) is 0 Å². The smallest absolute Gasteiger partial charge is 0.344 e. The van der Waals surface area contributed by atoms with Crippen LogP contribution in [-0.2, 0) is 17.6 Å². The molecule has 1 aromatic carbocycles. The lowest BCUT2D eigenvalue weighted by atomic mass is 10.0. The number of aromatic nitrogens is 1. The topological polar surface area (TPSA) is 98.5 Å². The zero-order valence-corrected chi connectivity index (χ0v) is 18.2. The summed E-state index contributed by atoms with van der Waals surface area (Å²) in [6, 6.07) is 5.22. The Morgan fingerprint density at radius 3 is 2.68 bits per heavy atom. The number of aryl methyl sites for hydroxylation is 2. The number of pyridine rings is 1. The molecule has 0 bridgehead atoms. The number of hydrogen-bond donors (Lipinski definition) is 1. The van der Waals surface area contributed by atoms with Gasteiger partial charge >= 0.3 is 5.97 Å². The van der Waals surface area contributed by atoms with Gasteiger partial charge in [-0.05, 0) is 63.8 Å². The van der Waals surface area contributed by atoms with E-state index in [0.29, 0.717) is 27.9 Å². The molecule has 2 heterocycles. The molecule has 0 unspecified atom stereocenters. The average molecular weight is 441 g/mol. The number of benzene rings is 1. The summed E-state index contributed by atoms with van der Waals surface area (Å²) in [5.41, 5.74) is 2.88. The molecule has 2 aromatic heterocycles. The zero-order valence-electron chi connectivity index (χ0n) is 17.4. The van der Waals surface area contributed by atoms with Gasteiger partial charge < -0.3 is 9.15 Å². The molecular formula is C23H21ClN2O5. The summed E-state index contributed by atoms with van der Waals surface area (Å²) < 4.78 is 10.7. The summed E-state index contributed by atoms with van der Waals surface area (Å²) >= 11 is 6.19. The van der Waals surface area contributed by atoms with Crippen molar-refractivity contribution < 1.29 is 23.5 Å². The number of ether oxygens (including phenoxy) is 1. The van der Waals surface area contributed by atoms with Crippen molar-refractivity contribution >= 4 is 46.0 Å². The van der Waals surface area contributed by atoms with E-state index in [2.05, 4.69) is 10.3 Å². The van der Waals surface area contributed by atoms with Crippen molar-refractivity contribution in [3.8, 4) is 0 Å². The molecule has 0 spiro atoms. The molecule has 3 aromatic rings. The first-order chi connectivity index (χ1) is 14.8. The molecule has 1 amide bonds. The Morgan fingerprint density at radius 1 is 1.19 bits per heavy atom. The van der Waals surface area contributed by atoms with Gasteiger partial charge in [0, 0.05) is 16.1 Å². The highest BCUT2D eigenvalue weighted by molar-refractivity contribution is 6.31. The number of anilines is 1. The number of Topliss-reactive ketones (excluding diaryl/α,β-unsaturated/α-hetero) is 1. The first kappa shape index (κ1) is 21.1. The van der Waals surface area contributed by atoms with E-state index in [1.165, 1.54) is 6.92 Å². The first-order valence-electron chi connectivity index (χ1n) is 10.1. The number of nitrogens with one attached hydrogen (secondary N) is 1. The number of nitrogens with zero attached hydrogens (tertiary/aromatic N) is 1. The van der Waals surface area contributed by atoms with E-state index in [0.717, 1.165) is 24.1 Å². The Labute approximate surface area is 183 Å². The second-order valence-electron chi connectivity index (χ2n) is 7.40. The Kier molecular flexibility index (Phi) is 5.54. The molecule has 31 heavy (non-hydrogen) atoms. The maximum absolute atomic E-state index is 13.4. The number of hydrogen-bond acceptors (Lipinski definition) is 6. The predicted octanol–water partition coefficient (Wildman–Crippen LogP) is 4.91. The van der Waals surface area contributed by atoms with Gasteiger partial charge in [-0.1, -0.05) is 11.6 Å². The van der Waals surface area contributed by atoms with E-state index in [1.807, 2.05) is 0 Å². The quantitative estimate of drug-likeness (QED) is 0.447. The van der Waals surface area contributed by atoms with Crippen LogP contribution in [0.3, 0.4) is 0 Å². The van der Waals surface area contributed by atoms with E-state index in [4.69, 9.17) is 20.8 Å². The third-order valence-electron chi connectivity index (χ3n) is 5.34. The number of fused-ring (bicyclic) bond motifs is 2. The Hall–Kier alpha value is -3.19. The fourth-order valence-electron chi connectivity index (χ4n) is 4.11. The van der Waals surface area contributed by atoms with Crippen LogP contribution in [0, 0.1) is 6.92 Å². The standard InChI is InChI=1S/C23H21ClN2O5/c1-4-30-23(29)20-18(11(2)27)12(3)31-22(20)26-21(28)19-14-6-5-7-16(14)25-17-9-8-13(24)10-15(17)19/h8-10H,4-7H2,1-3H3,(H,26,28). The summed E-state index contributed by atoms with van der Waals surface area (Å²) in [6.07, 6.45) is 2.40. The van der Waals surface area contributed by atoms with E-state index in [1.54, 1.807) is 32.0 Å². The molecular weight excluding hydrogens is 420 g/mol. The molecule has 1 aliphatic carbocycles. The highest BCUT2D eigenvalue weighted by atomic mass is 35.5. The lowest BCUT2D eigenvalue weighted by molar-refractivity contribution is 0.0524. The van der Waals surface area contributed by atoms with Gasteiger partial charge in [-0.25, -0.2) is 4.79 Å². The van der Waals surface area contributed by atoms with Crippen LogP contribution >= 0.6 is 11.6 Å². The predicted molar refractivity (Wildman–Crippen MR) is 116 cm³/mol. The van der Waals surface area contributed by atoms with E-state index in [9.17, 15) is 14.4 Å². The van der Waals surface area contributed by atoms with Crippen LogP contribution in [0.25, 0.3) is 10.9 Å². The van der Waals surface area contributed by atoms with Gasteiger partial charge in [-0.15, -0.1) is 0 Å². The fraction of sp³-hybridized carbons (Fsp3) is 0.304. The third kappa shape index (κ3) is 3.70. The van der Waals surface area contributed by atoms with Crippen molar-refractivity contribution in [2.24, 2.45) is 0 Å². The summed E-state index contributed by atoms with van der Waals surface area (Å²) in [6.45, 7) is 4.67. The summed E-state index contributed by atoms with van der Waals surface area (Å²) in [7, 11) is 0. The molecule has 160 valence electrons. The van der Waals surface area contributed by atoms with Crippen molar-refractivity contribution in [3.05, 3.63) is 56.9 Å². The maximum atomic E-state index is 13.4. The van der Waals surface area contributed by atoms with Crippen LogP contribution in [0.4, 0.5) is 5.88 Å². The minimum Gasteiger partial charge on any atom is -0.462 e. The van der Waals surface area contributed by atoms with Crippen molar-refractivity contribution in [3.63, 3.8) is 0 Å². The highest BCUT2D eigenvalue weighted by Gasteiger charge is 2.31. The van der Waals surface area contributed by atoms with Crippen molar-refractivity contribution in [1.29, 1.82) is 0 Å². The zero-order chi connectivity index (χ0) is 22.3. The summed E-state index contributed by atoms with van der Waals surface area (Å²) in [5, 5.41) is 3.80. The molecule has 0 atom stereocenters. The van der Waals surface area contributed by atoms with Gasteiger partial charge in [0.25, 0.3) is 5.91 Å². The summed E-state index contributed by atoms with van der Waals surface area (Å²) in [5.74, 6) is -1.41. The van der Waals surface area contributed by atoms with Gasteiger partial charge in [0.15, 0.2) is 5.78 Å². The number of halogens is 1. The van der Waals surface area contributed by atoms with E-state index < -0.39 is 11.9 Å². The molecule has 8 heteroatoms. The monoisotopic (exact) mass is 440 g/mol. The number of rotatable bonds is 5. The molecule has 0 fully saturated rings. The van der Waals surface area contributed by atoms with Gasteiger partial charge in [-0.3, -0.25) is 19.9 Å². The fourth-order valence-corrected chi connectivity index (χ4v) is 4.29. The van der Waals surface area contributed by atoms with Crippen LogP contribution in [0.1, 0.15) is 68.4 Å². The molecule has 0 radical (unpaired) electrons. The van der Waals surface area contributed by atoms with Crippen LogP contribution in [0.15, 0.2) is 22.6 Å². The van der Waals surface area contributed by atoms with Crippen molar-refractivity contribution in [2.45, 2.75) is 40.0 Å². The minimum absolute atomic E-state index is 0.0757. The molecule has 7 nitrogen and oxygen atoms in total. The Balaban J connectivity index is 1.84. The van der Waals surface area contributed by atoms with Gasteiger partial charge in [0.1, 0.15) is 11.3 Å². The average Bonchev–Trinajstić information content (AvgIpc) is 3.29. The molecule has 1 N–H and O–H groups in total.